The smallest absolute Gasteiger partial charge is 0.441 e. The average Bonchev–Trinajstić information content (AvgIpc) is 2.31. The molecule has 1 rings (SSSR count). The van der Waals surface area contributed by atoms with Crippen LogP contribution in [0.4, 0.5) is 0 Å². The lowest BCUT2D eigenvalue weighted by Crippen LogP contribution is -2.36. The number of ketones is 1. The first-order valence-corrected chi connectivity index (χ1v) is 5.21. The van der Waals surface area contributed by atoms with Crippen molar-refractivity contribution in [1.82, 2.24) is 0 Å². The number of carbonyl (C=O) groups is 2. The summed E-state index contributed by atoms with van der Waals surface area (Å²) in [4.78, 5) is 25.8. The van der Waals surface area contributed by atoms with E-state index in [1.54, 1.807) is 6.92 Å². The van der Waals surface area contributed by atoms with Crippen LogP contribution in [0.1, 0.15) is 19.8 Å². The Morgan fingerprint density at radius 3 is 2.81 bits per heavy atom. The molecule has 1 saturated heterocycles. The SMILES string of the molecule is CCOC(=O)C(=[N+]=[N-])C(=O)C1CCCOC1. The summed E-state index contributed by atoms with van der Waals surface area (Å²) in [6.45, 7) is 2.62. The highest BCUT2D eigenvalue weighted by Crippen LogP contribution is 2.15. The van der Waals surface area contributed by atoms with Crippen LogP contribution in [-0.2, 0) is 19.1 Å². The fourth-order valence-corrected chi connectivity index (χ4v) is 1.53. The van der Waals surface area contributed by atoms with Crippen LogP contribution in [0, 0.1) is 5.92 Å². The van der Waals surface area contributed by atoms with E-state index in [4.69, 9.17) is 10.3 Å². The van der Waals surface area contributed by atoms with Crippen molar-refractivity contribution in [1.29, 1.82) is 0 Å². The van der Waals surface area contributed by atoms with E-state index in [-0.39, 0.29) is 13.2 Å². The van der Waals surface area contributed by atoms with Crippen LogP contribution in [0.3, 0.4) is 0 Å². The molecule has 0 bridgehead atoms. The molecule has 6 nitrogen and oxygen atoms in total. The quantitative estimate of drug-likeness (QED) is 0.225. The first-order valence-electron chi connectivity index (χ1n) is 5.21. The highest BCUT2D eigenvalue weighted by atomic mass is 16.5. The lowest BCUT2D eigenvalue weighted by molar-refractivity contribution is -0.143. The predicted octanol–water partition coefficient (Wildman–Crippen LogP) is 0.216. The van der Waals surface area contributed by atoms with Crippen molar-refractivity contribution < 1.29 is 23.9 Å². The van der Waals surface area contributed by atoms with E-state index >= 15 is 0 Å². The van der Waals surface area contributed by atoms with Gasteiger partial charge in [0.1, 0.15) is 0 Å². The molecule has 0 amide bonds. The third-order valence-corrected chi connectivity index (χ3v) is 2.33. The summed E-state index contributed by atoms with van der Waals surface area (Å²) in [5.41, 5.74) is 8.11. The van der Waals surface area contributed by atoms with Gasteiger partial charge in [0.25, 0.3) is 5.78 Å². The van der Waals surface area contributed by atoms with Gasteiger partial charge in [-0.1, -0.05) is 0 Å². The zero-order chi connectivity index (χ0) is 12.0. The number of ether oxygens (including phenoxy) is 2. The van der Waals surface area contributed by atoms with E-state index in [2.05, 4.69) is 9.53 Å². The fraction of sp³-hybridized carbons (Fsp3) is 0.700. The van der Waals surface area contributed by atoms with Gasteiger partial charge in [-0.25, -0.2) is 4.79 Å². The molecule has 1 atom stereocenters. The first-order chi connectivity index (χ1) is 7.70. The first kappa shape index (κ1) is 12.5. The van der Waals surface area contributed by atoms with E-state index in [0.29, 0.717) is 13.0 Å². The highest BCUT2D eigenvalue weighted by Gasteiger charge is 2.37. The molecule has 0 saturated carbocycles. The van der Waals surface area contributed by atoms with Gasteiger partial charge in [-0.15, -0.1) is 0 Å². The van der Waals surface area contributed by atoms with Crippen molar-refractivity contribution in [3.63, 3.8) is 0 Å². The molecular weight excluding hydrogens is 212 g/mol. The molecule has 0 aromatic carbocycles. The molecule has 1 aliphatic heterocycles. The molecular formula is C10H14N2O4. The molecule has 0 aliphatic carbocycles. The second-order valence-corrected chi connectivity index (χ2v) is 3.45. The molecule has 0 N–H and O–H groups in total. The summed E-state index contributed by atoms with van der Waals surface area (Å²) in [6, 6.07) is 0. The van der Waals surface area contributed by atoms with Gasteiger partial charge in [0.05, 0.1) is 19.1 Å². The van der Waals surface area contributed by atoms with Crippen LogP contribution in [0.15, 0.2) is 0 Å². The summed E-state index contributed by atoms with van der Waals surface area (Å²) < 4.78 is 9.74. The lowest BCUT2D eigenvalue weighted by Gasteiger charge is -2.18. The molecule has 1 fully saturated rings. The van der Waals surface area contributed by atoms with Crippen molar-refractivity contribution in [3.8, 4) is 0 Å². The number of hydrogen-bond acceptors (Lipinski definition) is 4. The van der Waals surface area contributed by atoms with Crippen molar-refractivity contribution in [2.24, 2.45) is 5.92 Å². The molecule has 0 aromatic heterocycles. The molecule has 1 unspecified atom stereocenters. The second-order valence-electron chi connectivity index (χ2n) is 3.45. The lowest BCUT2D eigenvalue weighted by atomic mass is 9.94. The van der Waals surface area contributed by atoms with Gasteiger partial charge in [0.15, 0.2) is 0 Å². The van der Waals surface area contributed by atoms with Crippen LogP contribution < -0.4 is 0 Å². The number of nitrogens with zero attached hydrogens (tertiary/aromatic N) is 2. The van der Waals surface area contributed by atoms with E-state index < -0.39 is 23.4 Å². The average molecular weight is 226 g/mol. The predicted molar refractivity (Wildman–Crippen MR) is 53.8 cm³/mol. The number of Topliss-reactive ketones (excluding diaryl/α,β-unsaturated/α-hetero) is 1. The van der Waals surface area contributed by atoms with Crippen LogP contribution in [0.2, 0.25) is 0 Å². The normalized spacial score (nSPS) is 19.7. The maximum absolute atomic E-state index is 11.8. The zero-order valence-electron chi connectivity index (χ0n) is 9.14. The highest BCUT2D eigenvalue weighted by molar-refractivity contribution is 6.62. The Balaban J connectivity index is 2.69. The van der Waals surface area contributed by atoms with E-state index in [1.165, 1.54) is 0 Å². The van der Waals surface area contributed by atoms with Gasteiger partial charge in [0.2, 0.25) is 0 Å². The minimum atomic E-state index is -0.888. The van der Waals surface area contributed by atoms with E-state index in [1.807, 2.05) is 0 Å². The van der Waals surface area contributed by atoms with Crippen LogP contribution in [-0.4, -0.2) is 42.1 Å². The molecule has 1 aliphatic rings. The van der Waals surface area contributed by atoms with Gasteiger partial charge in [-0.2, -0.15) is 4.79 Å². The van der Waals surface area contributed by atoms with Gasteiger partial charge in [-0.3, -0.25) is 4.79 Å². The molecule has 0 aromatic rings. The summed E-state index contributed by atoms with van der Waals surface area (Å²) in [7, 11) is 0. The maximum Gasteiger partial charge on any atom is 0.441 e. The van der Waals surface area contributed by atoms with Crippen LogP contribution >= 0.6 is 0 Å². The molecule has 6 heteroatoms. The Bertz CT molecular complexity index is 328. The summed E-state index contributed by atoms with van der Waals surface area (Å²) in [6.07, 6.45) is 1.40. The zero-order valence-corrected chi connectivity index (χ0v) is 9.14. The molecule has 0 spiro atoms. The monoisotopic (exact) mass is 226 g/mol. The van der Waals surface area contributed by atoms with Gasteiger partial charge < -0.3 is 15.0 Å². The Kier molecular flexibility index (Phi) is 4.82. The third-order valence-electron chi connectivity index (χ3n) is 2.33. The molecule has 1 heterocycles. The number of rotatable bonds is 4. The minimum absolute atomic E-state index is 0.131. The molecule has 0 radical (unpaired) electrons. The minimum Gasteiger partial charge on any atom is -0.457 e. The summed E-state index contributed by atoms with van der Waals surface area (Å²) in [5.74, 6) is -1.81. The second kappa shape index (κ2) is 6.15. The Morgan fingerprint density at radius 2 is 2.31 bits per heavy atom. The maximum atomic E-state index is 11.8. The van der Waals surface area contributed by atoms with Crippen LogP contribution in [0.25, 0.3) is 5.53 Å². The van der Waals surface area contributed by atoms with Crippen molar-refractivity contribution in [2.45, 2.75) is 19.8 Å². The van der Waals surface area contributed by atoms with Crippen molar-refractivity contribution >= 4 is 17.5 Å². The van der Waals surface area contributed by atoms with Crippen LogP contribution in [0.5, 0.6) is 0 Å². The topological polar surface area (TPSA) is 89.0 Å². The third kappa shape index (κ3) is 2.98. The van der Waals surface area contributed by atoms with Gasteiger partial charge >= 0.3 is 11.7 Å². The standard InChI is InChI=1S/C10H14N2O4/c1-2-16-10(14)8(12-11)9(13)7-4-3-5-15-6-7/h7H,2-6H2,1H3. The number of esters is 1. The van der Waals surface area contributed by atoms with Crippen molar-refractivity contribution in [3.05, 3.63) is 5.53 Å². The fourth-order valence-electron chi connectivity index (χ4n) is 1.53. The van der Waals surface area contributed by atoms with Gasteiger partial charge in [-0.05, 0) is 19.8 Å². The van der Waals surface area contributed by atoms with Crippen molar-refractivity contribution in [2.75, 3.05) is 19.8 Å². The number of hydrogen-bond donors (Lipinski definition) is 0. The molecule has 16 heavy (non-hydrogen) atoms. The summed E-state index contributed by atoms with van der Waals surface area (Å²) in [5, 5.41) is 0. The van der Waals surface area contributed by atoms with Gasteiger partial charge in [0, 0.05) is 6.61 Å². The number of carbonyl (C=O) groups excluding carboxylic acids is 2. The largest absolute Gasteiger partial charge is 0.457 e. The van der Waals surface area contributed by atoms with E-state index in [9.17, 15) is 9.59 Å². The van der Waals surface area contributed by atoms with E-state index in [0.717, 1.165) is 6.42 Å². The molecule has 88 valence electrons. The Hall–Kier alpha value is -1.52. The summed E-state index contributed by atoms with van der Waals surface area (Å²) >= 11 is 0. The Morgan fingerprint density at radius 1 is 1.56 bits per heavy atom. The Labute approximate surface area is 93.2 Å².